The zero-order valence-corrected chi connectivity index (χ0v) is 9.17. The summed E-state index contributed by atoms with van der Waals surface area (Å²) in [5, 5.41) is 0. The topological polar surface area (TPSA) is 26.3 Å². The number of ether oxygens (including phenoxy) is 1. The number of hydrogen-bond acceptors (Lipinski definition) is 2. The highest BCUT2D eigenvalue weighted by molar-refractivity contribution is 5.66. The van der Waals surface area contributed by atoms with E-state index in [1.54, 1.807) is 0 Å². The number of esters is 1. The van der Waals surface area contributed by atoms with E-state index in [0.717, 1.165) is 12.8 Å². The predicted molar refractivity (Wildman–Crippen MR) is 56.8 cm³/mol. The molecule has 0 heterocycles. The lowest BCUT2D eigenvalue weighted by molar-refractivity contribution is -0.157. The van der Waals surface area contributed by atoms with Crippen molar-refractivity contribution in [3.63, 3.8) is 0 Å². The van der Waals surface area contributed by atoms with Crippen LogP contribution in [0.15, 0.2) is 24.3 Å². The van der Waals surface area contributed by atoms with Gasteiger partial charge in [0, 0.05) is 12.8 Å². The van der Waals surface area contributed by atoms with Gasteiger partial charge in [-0.05, 0) is 26.7 Å². The van der Waals surface area contributed by atoms with E-state index < -0.39 is 5.60 Å². The van der Waals surface area contributed by atoms with Crippen LogP contribution in [0.3, 0.4) is 0 Å². The molecule has 1 atom stereocenters. The molecule has 78 valence electrons. The first-order valence-corrected chi connectivity index (χ1v) is 4.98. The maximum absolute atomic E-state index is 10.9. The first kappa shape index (κ1) is 11.0. The van der Waals surface area contributed by atoms with Gasteiger partial charge in [-0.2, -0.15) is 0 Å². The van der Waals surface area contributed by atoms with E-state index in [1.165, 1.54) is 12.5 Å². The van der Waals surface area contributed by atoms with Crippen molar-refractivity contribution >= 4 is 5.97 Å². The fourth-order valence-corrected chi connectivity index (χ4v) is 1.91. The number of carbonyl (C=O) groups is 1. The van der Waals surface area contributed by atoms with Gasteiger partial charge in [0.25, 0.3) is 0 Å². The molecular formula is C12H18O2. The highest BCUT2D eigenvalue weighted by atomic mass is 16.6. The van der Waals surface area contributed by atoms with Crippen molar-refractivity contribution in [2.24, 2.45) is 5.92 Å². The molecule has 0 amide bonds. The second kappa shape index (κ2) is 3.99. The summed E-state index contributed by atoms with van der Waals surface area (Å²) in [6.07, 6.45) is 6.13. The molecule has 0 aromatic rings. The molecule has 0 saturated heterocycles. The van der Waals surface area contributed by atoms with E-state index >= 15 is 0 Å². The Bertz CT molecular complexity index is 274. The van der Waals surface area contributed by atoms with Crippen molar-refractivity contribution < 1.29 is 9.53 Å². The van der Waals surface area contributed by atoms with Crippen molar-refractivity contribution in [3.05, 3.63) is 24.3 Å². The minimum atomic E-state index is -0.392. The fourth-order valence-electron chi connectivity index (χ4n) is 1.91. The van der Waals surface area contributed by atoms with Gasteiger partial charge < -0.3 is 4.74 Å². The molecule has 0 saturated carbocycles. The molecule has 1 unspecified atom stereocenters. The number of rotatable bonds is 3. The zero-order valence-electron chi connectivity index (χ0n) is 9.17. The van der Waals surface area contributed by atoms with Crippen LogP contribution in [-0.2, 0) is 9.53 Å². The Morgan fingerprint density at radius 2 is 2.36 bits per heavy atom. The predicted octanol–water partition coefficient (Wildman–Crippen LogP) is 2.85. The van der Waals surface area contributed by atoms with Crippen LogP contribution in [0.2, 0.25) is 0 Å². The van der Waals surface area contributed by atoms with Crippen LogP contribution < -0.4 is 0 Å². The Morgan fingerprint density at radius 3 is 2.79 bits per heavy atom. The molecule has 0 bridgehead atoms. The third-order valence-corrected chi connectivity index (χ3v) is 2.72. The molecule has 14 heavy (non-hydrogen) atoms. The standard InChI is InChI=1S/C12H18O2/c1-5-10-6-7-11(8-10)12(3,4)14-9(2)13/h5,8,11H,1,6-7H2,2-4H3. The summed E-state index contributed by atoms with van der Waals surface area (Å²) >= 11 is 0. The van der Waals surface area contributed by atoms with Crippen molar-refractivity contribution in [1.82, 2.24) is 0 Å². The average Bonchev–Trinajstić information content (AvgIpc) is 2.49. The Morgan fingerprint density at radius 1 is 1.71 bits per heavy atom. The fraction of sp³-hybridized carbons (Fsp3) is 0.583. The van der Waals surface area contributed by atoms with E-state index in [1.807, 2.05) is 19.9 Å². The molecule has 0 aromatic heterocycles. The summed E-state index contributed by atoms with van der Waals surface area (Å²) in [6.45, 7) is 9.12. The van der Waals surface area contributed by atoms with Gasteiger partial charge in [-0.1, -0.05) is 24.3 Å². The monoisotopic (exact) mass is 194 g/mol. The van der Waals surface area contributed by atoms with Crippen LogP contribution >= 0.6 is 0 Å². The van der Waals surface area contributed by atoms with Gasteiger partial charge >= 0.3 is 5.97 Å². The highest BCUT2D eigenvalue weighted by Crippen LogP contribution is 2.34. The van der Waals surface area contributed by atoms with E-state index in [0.29, 0.717) is 5.92 Å². The molecule has 0 radical (unpaired) electrons. The summed E-state index contributed by atoms with van der Waals surface area (Å²) in [7, 11) is 0. The summed E-state index contributed by atoms with van der Waals surface area (Å²) in [5.74, 6) is 0.106. The number of allylic oxidation sites excluding steroid dienone is 2. The SMILES string of the molecule is C=CC1=CC(C(C)(C)OC(C)=O)CC1. The second-order valence-electron chi connectivity index (χ2n) is 4.29. The first-order chi connectivity index (χ1) is 6.45. The molecule has 1 aliphatic carbocycles. The molecule has 1 aliphatic rings. The van der Waals surface area contributed by atoms with E-state index in [-0.39, 0.29) is 5.97 Å². The lowest BCUT2D eigenvalue weighted by atomic mass is 9.90. The van der Waals surface area contributed by atoms with Crippen LogP contribution in [0.25, 0.3) is 0 Å². The Balaban J connectivity index is 2.69. The van der Waals surface area contributed by atoms with Crippen LogP contribution in [0.5, 0.6) is 0 Å². The average molecular weight is 194 g/mol. The summed E-state index contributed by atoms with van der Waals surface area (Å²) < 4.78 is 5.30. The minimum absolute atomic E-state index is 0.213. The lowest BCUT2D eigenvalue weighted by Gasteiger charge is -2.29. The molecule has 2 nitrogen and oxygen atoms in total. The minimum Gasteiger partial charge on any atom is -0.459 e. The Labute approximate surface area is 85.6 Å². The summed E-state index contributed by atoms with van der Waals surface area (Å²) in [5.41, 5.74) is 0.867. The summed E-state index contributed by atoms with van der Waals surface area (Å²) in [6, 6.07) is 0. The van der Waals surface area contributed by atoms with Crippen molar-refractivity contribution in [2.45, 2.75) is 39.2 Å². The van der Waals surface area contributed by atoms with Gasteiger partial charge in [0.2, 0.25) is 0 Å². The van der Waals surface area contributed by atoms with E-state index in [4.69, 9.17) is 4.74 Å². The molecule has 0 N–H and O–H groups in total. The van der Waals surface area contributed by atoms with Gasteiger partial charge in [-0.25, -0.2) is 0 Å². The van der Waals surface area contributed by atoms with E-state index in [2.05, 4.69) is 12.7 Å². The molecular weight excluding hydrogens is 176 g/mol. The maximum atomic E-state index is 10.9. The Hall–Kier alpha value is -1.05. The van der Waals surface area contributed by atoms with Gasteiger partial charge in [-0.15, -0.1) is 0 Å². The second-order valence-corrected chi connectivity index (χ2v) is 4.29. The molecule has 1 rings (SSSR count). The third-order valence-electron chi connectivity index (χ3n) is 2.72. The van der Waals surface area contributed by atoms with Crippen molar-refractivity contribution in [2.75, 3.05) is 0 Å². The molecule has 0 aromatic carbocycles. The largest absolute Gasteiger partial charge is 0.459 e. The van der Waals surface area contributed by atoms with Gasteiger partial charge in [0.1, 0.15) is 5.60 Å². The van der Waals surface area contributed by atoms with Crippen LogP contribution in [-0.4, -0.2) is 11.6 Å². The number of hydrogen-bond donors (Lipinski definition) is 0. The van der Waals surface area contributed by atoms with Crippen LogP contribution in [0, 0.1) is 5.92 Å². The highest BCUT2D eigenvalue weighted by Gasteiger charge is 2.33. The quantitative estimate of drug-likeness (QED) is 0.646. The van der Waals surface area contributed by atoms with Crippen molar-refractivity contribution in [1.29, 1.82) is 0 Å². The molecule has 2 heteroatoms. The van der Waals surface area contributed by atoms with E-state index in [9.17, 15) is 4.79 Å². The first-order valence-electron chi connectivity index (χ1n) is 4.98. The molecule has 0 fully saturated rings. The Kier molecular flexibility index (Phi) is 3.14. The smallest absolute Gasteiger partial charge is 0.303 e. The number of carbonyl (C=O) groups excluding carboxylic acids is 1. The van der Waals surface area contributed by atoms with Gasteiger partial charge in [0.05, 0.1) is 0 Å². The summed E-state index contributed by atoms with van der Waals surface area (Å²) in [4.78, 5) is 10.9. The maximum Gasteiger partial charge on any atom is 0.303 e. The molecule has 0 spiro atoms. The lowest BCUT2D eigenvalue weighted by Crippen LogP contribution is -2.34. The van der Waals surface area contributed by atoms with Gasteiger partial charge in [0.15, 0.2) is 0 Å². The zero-order chi connectivity index (χ0) is 10.8. The van der Waals surface area contributed by atoms with Gasteiger partial charge in [-0.3, -0.25) is 4.79 Å². The van der Waals surface area contributed by atoms with Crippen LogP contribution in [0.4, 0.5) is 0 Å². The molecule has 0 aliphatic heterocycles. The normalized spacial score (nSPS) is 21.6. The third kappa shape index (κ3) is 2.47. The van der Waals surface area contributed by atoms with Crippen molar-refractivity contribution in [3.8, 4) is 0 Å². The van der Waals surface area contributed by atoms with Crippen LogP contribution in [0.1, 0.15) is 33.6 Å².